The Morgan fingerprint density at radius 3 is 2.94 bits per heavy atom. The second-order valence-corrected chi connectivity index (χ2v) is 5.16. The van der Waals surface area contributed by atoms with E-state index < -0.39 is 0 Å². The van der Waals surface area contributed by atoms with Crippen molar-refractivity contribution in [1.29, 1.82) is 0 Å². The molecule has 0 aromatic rings. The van der Waals surface area contributed by atoms with Gasteiger partial charge >= 0.3 is 0 Å². The molecule has 0 radical (unpaired) electrons. The zero-order valence-electron chi connectivity index (χ0n) is 11.0. The van der Waals surface area contributed by atoms with E-state index in [0.717, 1.165) is 57.8 Å². The molecule has 4 nitrogen and oxygen atoms in total. The van der Waals surface area contributed by atoms with E-state index in [9.17, 15) is 0 Å². The second kappa shape index (κ2) is 9.28. The summed E-state index contributed by atoms with van der Waals surface area (Å²) in [6.07, 6.45) is 0.347. The maximum atomic E-state index is 5.83. The molecule has 0 aromatic heterocycles. The zero-order chi connectivity index (χ0) is 12.5. The second-order valence-electron chi connectivity index (χ2n) is 4.37. The molecule has 0 N–H and O–H groups in total. The predicted molar refractivity (Wildman–Crippen MR) is 74.0 cm³/mol. The lowest BCUT2D eigenvalue weighted by Gasteiger charge is -2.35. The SMILES string of the molecule is CCN1CCOC(CN(CCBr)CCOC)C1. The van der Waals surface area contributed by atoms with Gasteiger partial charge in [0.15, 0.2) is 0 Å². The number of nitrogens with zero attached hydrogens (tertiary/aromatic N) is 2. The van der Waals surface area contributed by atoms with Crippen molar-refractivity contribution >= 4 is 15.9 Å². The number of morpholine rings is 1. The van der Waals surface area contributed by atoms with Gasteiger partial charge in [0.2, 0.25) is 0 Å². The van der Waals surface area contributed by atoms with Crippen LogP contribution in [0.4, 0.5) is 0 Å². The smallest absolute Gasteiger partial charge is 0.0829 e. The van der Waals surface area contributed by atoms with Crippen LogP contribution < -0.4 is 0 Å². The highest BCUT2D eigenvalue weighted by Crippen LogP contribution is 2.07. The van der Waals surface area contributed by atoms with Crippen LogP contribution in [0.2, 0.25) is 0 Å². The zero-order valence-corrected chi connectivity index (χ0v) is 12.6. The molecule has 5 heteroatoms. The van der Waals surface area contributed by atoms with E-state index in [1.807, 2.05) is 0 Å². The third-order valence-electron chi connectivity index (χ3n) is 3.14. The molecule has 0 bridgehead atoms. The van der Waals surface area contributed by atoms with Gasteiger partial charge in [0.1, 0.15) is 0 Å². The third kappa shape index (κ3) is 6.15. The van der Waals surface area contributed by atoms with E-state index in [4.69, 9.17) is 9.47 Å². The Morgan fingerprint density at radius 1 is 1.47 bits per heavy atom. The summed E-state index contributed by atoms with van der Waals surface area (Å²) >= 11 is 3.50. The molecule has 1 rings (SSSR count). The molecular formula is C12H25BrN2O2. The van der Waals surface area contributed by atoms with Gasteiger partial charge in [-0.05, 0) is 6.54 Å². The highest BCUT2D eigenvalue weighted by Gasteiger charge is 2.21. The fourth-order valence-corrected chi connectivity index (χ4v) is 2.60. The van der Waals surface area contributed by atoms with Gasteiger partial charge in [-0.25, -0.2) is 0 Å². The summed E-state index contributed by atoms with van der Waals surface area (Å²) in [5, 5.41) is 1.00. The lowest BCUT2D eigenvalue weighted by molar-refractivity contribution is -0.0429. The van der Waals surface area contributed by atoms with Gasteiger partial charge in [0.05, 0.1) is 19.3 Å². The van der Waals surface area contributed by atoms with Gasteiger partial charge in [-0.15, -0.1) is 0 Å². The molecule has 1 aliphatic heterocycles. The number of rotatable bonds is 8. The number of likely N-dealkylation sites (N-methyl/N-ethyl adjacent to an activating group) is 1. The molecule has 0 aliphatic carbocycles. The first-order valence-electron chi connectivity index (χ1n) is 6.41. The Morgan fingerprint density at radius 2 is 2.29 bits per heavy atom. The molecule has 0 amide bonds. The topological polar surface area (TPSA) is 24.9 Å². The molecule has 102 valence electrons. The number of hydrogen-bond donors (Lipinski definition) is 0. The molecule has 1 atom stereocenters. The van der Waals surface area contributed by atoms with Crippen LogP contribution in [-0.2, 0) is 9.47 Å². The van der Waals surface area contributed by atoms with Crippen molar-refractivity contribution in [2.45, 2.75) is 13.0 Å². The summed E-state index contributed by atoms with van der Waals surface area (Å²) in [6, 6.07) is 0. The van der Waals surface area contributed by atoms with Crippen molar-refractivity contribution in [3.05, 3.63) is 0 Å². The van der Waals surface area contributed by atoms with Crippen LogP contribution in [0.25, 0.3) is 0 Å². The molecule has 0 saturated carbocycles. The molecule has 0 aromatic carbocycles. The van der Waals surface area contributed by atoms with E-state index in [1.165, 1.54) is 0 Å². The molecule has 1 aliphatic rings. The number of halogens is 1. The standard InChI is InChI=1S/C12H25BrN2O2/c1-3-14-7-9-17-12(10-14)11-15(5-4-13)6-8-16-2/h12H,3-11H2,1-2H3. The fraction of sp³-hybridized carbons (Fsp3) is 1.00. The largest absolute Gasteiger partial charge is 0.383 e. The van der Waals surface area contributed by atoms with Gasteiger partial charge in [-0.1, -0.05) is 22.9 Å². The van der Waals surface area contributed by atoms with E-state index >= 15 is 0 Å². The van der Waals surface area contributed by atoms with Gasteiger partial charge in [-0.3, -0.25) is 9.80 Å². The van der Waals surface area contributed by atoms with Crippen molar-refractivity contribution in [3.8, 4) is 0 Å². The Hall–Kier alpha value is 0.320. The van der Waals surface area contributed by atoms with E-state index in [-0.39, 0.29) is 0 Å². The maximum absolute atomic E-state index is 5.83. The first-order valence-corrected chi connectivity index (χ1v) is 7.53. The minimum Gasteiger partial charge on any atom is -0.383 e. The van der Waals surface area contributed by atoms with Crippen molar-refractivity contribution < 1.29 is 9.47 Å². The Kier molecular flexibility index (Phi) is 8.39. The third-order valence-corrected chi connectivity index (χ3v) is 3.50. The monoisotopic (exact) mass is 308 g/mol. The molecule has 17 heavy (non-hydrogen) atoms. The van der Waals surface area contributed by atoms with Crippen molar-refractivity contribution in [1.82, 2.24) is 9.80 Å². The minimum atomic E-state index is 0.347. The lowest BCUT2D eigenvalue weighted by Crippen LogP contribution is -2.48. The van der Waals surface area contributed by atoms with Crippen LogP contribution in [0.3, 0.4) is 0 Å². The normalized spacial score (nSPS) is 22.2. The van der Waals surface area contributed by atoms with Crippen molar-refractivity contribution in [2.24, 2.45) is 0 Å². The van der Waals surface area contributed by atoms with Gasteiger partial charge in [-0.2, -0.15) is 0 Å². The molecule has 1 unspecified atom stereocenters. The van der Waals surface area contributed by atoms with E-state index in [1.54, 1.807) is 7.11 Å². The van der Waals surface area contributed by atoms with Crippen molar-refractivity contribution in [3.63, 3.8) is 0 Å². The first kappa shape index (κ1) is 15.4. The average molecular weight is 309 g/mol. The summed E-state index contributed by atoms with van der Waals surface area (Å²) in [4.78, 5) is 4.86. The minimum absolute atomic E-state index is 0.347. The van der Waals surface area contributed by atoms with Crippen LogP contribution in [-0.4, -0.2) is 80.8 Å². The Labute approximate surface area is 113 Å². The van der Waals surface area contributed by atoms with Crippen LogP contribution in [0, 0.1) is 0 Å². The van der Waals surface area contributed by atoms with Crippen molar-refractivity contribution in [2.75, 3.05) is 64.9 Å². The summed E-state index contributed by atoms with van der Waals surface area (Å²) in [5.41, 5.74) is 0. The molecule has 1 saturated heterocycles. The molecular weight excluding hydrogens is 284 g/mol. The highest BCUT2D eigenvalue weighted by atomic mass is 79.9. The van der Waals surface area contributed by atoms with Crippen LogP contribution in [0.1, 0.15) is 6.92 Å². The van der Waals surface area contributed by atoms with Gasteiger partial charge in [0.25, 0.3) is 0 Å². The Bertz CT molecular complexity index is 193. The summed E-state index contributed by atoms with van der Waals surface area (Å²) in [6.45, 7) is 10.2. The highest BCUT2D eigenvalue weighted by molar-refractivity contribution is 9.09. The van der Waals surface area contributed by atoms with E-state index in [2.05, 4.69) is 32.7 Å². The van der Waals surface area contributed by atoms with E-state index in [0.29, 0.717) is 6.10 Å². The summed E-state index contributed by atoms with van der Waals surface area (Å²) in [5.74, 6) is 0. The van der Waals surface area contributed by atoms with Crippen LogP contribution >= 0.6 is 15.9 Å². The molecule has 1 heterocycles. The molecule has 0 spiro atoms. The van der Waals surface area contributed by atoms with Crippen LogP contribution in [0.5, 0.6) is 0 Å². The number of hydrogen-bond acceptors (Lipinski definition) is 4. The summed E-state index contributed by atoms with van der Waals surface area (Å²) in [7, 11) is 1.75. The quantitative estimate of drug-likeness (QED) is 0.626. The first-order chi connectivity index (χ1) is 8.30. The van der Waals surface area contributed by atoms with Crippen LogP contribution in [0.15, 0.2) is 0 Å². The number of alkyl halides is 1. The fourth-order valence-electron chi connectivity index (χ4n) is 2.10. The summed E-state index contributed by atoms with van der Waals surface area (Å²) < 4.78 is 11.0. The molecule has 1 fully saturated rings. The van der Waals surface area contributed by atoms with Gasteiger partial charge in [0, 0.05) is 45.2 Å². The van der Waals surface area contributed by atoms with Gasteiger partial charge < -0.3 is 9.47 Å². The predicted octanol–water partition coefficient (Wildman–Crippen LogP) is 1.05. The lowest BCUT2D eigenvalue weighted by atomic mass is 10.2. The number of ether oxygens (including phenoxy) is 2. The average Bonchev–Trinajstić information content (AvgIpc) is 2.36. The number of methoxy groups -OCH3 is 1. The maximum Gasteiger partial charge on any atom is 0.0829 e. The Balaban J connectivity index is 2.31.